The third-order valence-electron chi connectivity index (χ3n) is 3.83. The summed E-state index contributed by atoms with van der Waals surface area (Å²) in [4.78, 5) is 14.3. The van der Waals surface area contributed by atoms with Crippen LogP contribution in [0.3, 0.4) is 0 Å². The standard InChI is InChI=1S/C16H25N3O/c17-15-8-3-2-7-14(15)13-16(20)18-9-6-12-19-10-4-1-5-11-19/h2-3,7-8H,1,4-6,9-13,17H2,(H,18,20). The van der Waals surface area contributed by atoms with Crippen molar-refractivity contribution in [3.05, 3.63) is 29.8 Å². The van der Waals surface area contributed by atoms with E-state index in [0.29, 0.717) is 12.1 Å². The second kappa shape index (κ2) is 7.90. The van der Waals surface area contributed by atoms with Gasteiger partial charge in [0.05, 0.1) is 6.42 Å². The Morgan fingerprint density at radius 2 is 1.95 bits per heavy atom. The first-order valence-corrected chi connectivity index (χ1v) is 7.58. The lowest BCUT2D eigenvalue weighted by Gasteiger charge is -2.26. The molecule has 3 N–H and O–H groups in total. The summed E-state index contributed by atoms with van der Waals surface area (Å²) in [5.41, 5.74) is 7.43. The monoisotopic (exact) mass is 275 g/mol. The van der Waals surface area contributed by atoms with Crippen molar-refractivity contribution in [2.24, 2.45) is 0 Å². The summed E-state index contributed by atoms with van der Waals surface area (Å²) in [5, 5.41) is 2.98. The third-order valence-corrected chi connectivity index (χ3v) is 3.83. The molecule has 2 rings (SSSR count). The molecule has 1 aromatic carbocycles. The Balaban J connectivity index is 1.61. The van der Waals surface area contributed by atoms with Gasteiger partial charge in [0.25, 0.3) is 0 Å². The largest absolute Gasteiger partial charge is 0.398 e. The number of anilines is 1. The van der Waals surface area contributed by atoms with Gasteiger partial charge >= 0.3 is 0 Å². The van der Waals surface area contributed by atoms with Gasteiger partial charge in [-0.15, -0.1) is 0 Å². The van der Waals surface area contributed by atoms with Gasteiger partial charge in [0.1, 0.15) is 0 Å². The van der Waals surface area contributed by atoms with E-state index in [9.17, 15) is 4.79 Å². The number of para-hydroxylation sites is 1. The number of likely N-dealkylation sites (tertiary alicyclic amines) is 1. The molecule has 0 aliphatic carbocycles. The highest BCUT2D eigenvalue weighted by atomic mass is 16.1. The van der Waals surface area contributed by atoms with Crippen molar-refractivity contribution in [1.82, 2.24) is 10.2 Å². The molecule has 4 nitrogen and oxygen atoms in total. The molecule has 1 saturated heterocycles. The SMILES string of the molecule is Nc1ccccc1CC(=O)NCCCN1CCCCC1. The Labute approximate surface area is 121 Å². The number of nitrogens with one attached hydrogen (secondary N) is 1. The maximum Gasteiger partial charge on any atom is 0.224 e. The molecule has 1 fully saturated rings. The van der Waals surface area contributed by atoms with Gasteiger partial charge in [-0.3, -0.25) is 4.79 Å². The number of nitrogens with zero attached hydrogens (tertiary/aromatic N) is 1. The summed E-state index contributed by atoms with van der Waals surface area (Å²) in [6.07, 6.45) is 5.40. The summed E-state index contributed by atoms with van der Waals surface area (Å²) in [6, 6.07) is 7.53. The molecule has 1 aromatic rings. The lowest BCUT2D eigenvalue weighted by molar-refractivity contribution is -0.120. The molecule has 0 aromatic heterocycles. The van der Waals surface area contributed by atoms with E-state index in [1.54, 1.807) is 0 Å². The highest BCUT2D eigenvalue weighted by molar-refractivity contribution is 5.80. The van der Waals surface area contributed by atoms with Crippen LogP contribution in [0.25, 0.3) is 0 Å². The molecule has 0 radical (unpaired) electrons. The Kier molecular flexibility index (Phi) is 5.87. The second-order valence-electron chi connectivity index (χ2n) is 5.48. The lowest BCUT2D eigenvalue weighted by Crippen LogP contribution is -2.33. The molecular weight excluding hydrogens is 250 g/mol. The molecule has 20 heavy (non-hydrogen) atoms. The van der Waals surface area contributed by atoms with Crippen molar-refractivity contribution in [3.8, 4) is 0 Å². The van der Waals surface area contributed by atoms with Gasteiger partial charge < -0.3 is 16.0 Å². The van der Waals surface area contributed by atoms with Crippen molar-refractivity contribution in [2.75, 3.05) is 31.9 Å². The predicted octanol–water partition coefficient (Wildman–Crippen LogP) is 1.80. The number of amides is 1. The van der Waals surface area contributed by atoms with Crippen LogP contribution in [-0.2, 0) is 11.2 Å². The van der Waals surface area contributed by atoms with Gasteiger partial charge in [-0.2, -0.15) is 0 Å². The smallest absolute Gasteiger partial charge is 0.224 e. The lowest BCUT2D eigenvalue weighted by atomic mass is 10.1. The summed E-state index contributed by atoms with van der Waals surface area (Å²) >= 11 is 0. The van der Waals surface area contributed by atoms with E-state index in [1.165, 1.54) is 32.4 Å². The van der Waals surface area contributed by atoms with Gasteiger partial charge in [0.15, 0.2) is 0 Å². The molecule has 1 amide bonds. The summed E-state index contributed by atoms with van der Waals surface area (Å²) in [6.45, 7) is 4.28. The normalized spacial score (nSPS) is 16.0. The van der Waals surface area contributed by atoms with Crippen LogP contribution in [0.4, 0.5) is 5.69 Å². The van der Waals surface area contributed by atoms with Gasteiger partial charge in [-0.1, -0.05) is 24.6 Å². The molecule has 1 heterocycles. The van der Waals surface area contributed by atoms with E-state index in [0.717, 1.165) is 25.1 Å². The number of hydrogen-bond donors (Lipinski definition) is 2. The fraction of sp³-hybridized carbons (Fsp3) is 0.562. The topological polar surface area (TPSA) is 58.4 Å². The van der Waals surface area contributed by atoms with Crippen molar-refractivity contribution >= 4 is 11.6 Å². The zero-order valence-electron chi connectivity index (χ0n) is 12.1. The van der Waals surface area contributed by atoms with Gasteiger partial charge in [-0.05, 0) is 50.5 Å². The van der Waals surface area contributed by atoms with Crippen LogP contribution >= 0.6 is 0 Å². The average Bonchev–Trinajstić information content (AvgIpc) is 2.47. The van der Waals surface area contributed by atoms with Crippen LogP contribution in [0.15, 0.2) is 24.3 Å². The van der Waals surface area contributed by atoms with E-state index < -0.39 is 0 Å². The molecule has 0 saturated carbocycles. The molecule has 4 heteroatoms. The van der Waals surface area contributed by atoms with Crippen LogP contribution in [0, 0.1) is 0 Å². The van der Waals surface area contributed by atoms with Gasteiger partial charge in [0, 0.05) is 12.2 Å². The maximum absolute atomic E-state index is 11.8. The Morgan fingerprint density at radius 1 is 1.20 bits per heavy atom. The fourth-order valence-electron chi connectivity index (χ4n) is 2.64. The molecule has 0 spiro atoms. The van der Waals surface area contributed by atoms with Crippen molar-refractivity contribution in [1.29, 1.82) is 0 Å². The van der Waals surface area contributed by atoms with Crippen molar-refractivity contribution in [3.63, 3.8) is 0 Å². The number of nitrogen functional groups attached to an aromatic ring is 1. The number of nitrogens with two attached hydrogens (primary N) is 1. The number of carbonyl (C=O) groups excluding carboxylic acids is 1. The summed E-state index contributed by atoms with van der Waals surface area (Å²) < 4.78 is 0. The minimum atomic E-state index is 0.0570. The molecule has 1 aliphatic rings. The third kappa shape index (κ3) is 4.85. The second-order valence-corrected chi connectivity index (χ2v) is 5.48. The summed E-state index contributed by atoms with van der Waals surface area (Å²) in [5.74, 6) is 0.0570. The number of carbonyl (C=O) groups is 1. The minimum Gasteiger partial charge on any atom is -0.398 e. The van der Waals surface area contributed by atoms with E-state index >= 15 is 0 Å². The van der Waals surface area contributed by atoms with E-state index in [1.807, 2.05) is 24.3 Å². The number of hydrogen-bond acceptors (Lipinski definition) is 3. The molecule has 0 unspecified atom stereocenters. The highest BCUT2D eigenvalue weighted by Gasteiger charge is 2.09. The fourth-order valence-corrected chi connectivity index (χ4v) is 2.64. The van der Waals surface area contributed by atoms with Crippen LogP contribution in [0.5, 0.6) is 0 Å². The van der Waals surface area contributed by atoms with Crippen LogP contribution in [0.1, 0.15) is 31.2 Å². The first-order chi connectivity index (χ1) is 9.75. The quantitative estimate of drug-likeness (QED) is 0.615. The van der Waals surface area contributed by atoms with Crippen molar-refractivity contribution < 1.29 is 4.79 Å². The Morgan fingerprint density at radius 3 is 2.70 bits per heavy atom. The Bertz CT molecular complexity index is 427. The van der Waals surface area contributed by atoms with Crippen LogP contribution < -0.4 is 11.1 Å². The number of piperidine rings is 1. The van der Waals surface area contributed by atoms with Crippen LogP contribution in [0.2, 0.25) is 0 Å². The van der Waals surface area contributed by atoms with Gasteiger partial charge in [-0.25, -0.2) is 0 Å². The molecule has 1 aliphatic heterocycles. The first-order valence-electron chi connectivity index (χ1n) is 7.58. The zero-order chi connectivity index (χ0) is 14.2. The van der Waals surface area contributed by atoms with Crippen molar-refractivity contribution in [2.45, 2.75) is 32.1 Å². The molecular formula is C16H25N3O. The number of rotatable bonds is 6. The Hall–Kier alpha value is -1.55. The van der Waals surface area contributed by atoms with E-state index in [2.05, 4.69) is 10.2 Å². The average molecular weight is 275 g/mol. The van der Waals surface area contributed by atoms with Crippen LogP contribution in [-0.4, -0.2) is 37.0 Å². The predicted molar refractivity (Wildman–Crippen MR) is 82.5 cm³/mol. The van der Waals surface area contributed by atoms with E-state index in [4.69, 9.17) is 5.73 Å². The maximum atomic E-state index is 11.8. The molecule has 110 valence electrons. The molecule has 0 bridgehead atoms. The van der Waals surface area contributed by atoms with E-state index in [-0.39, 0.29) is 5.91 Å². The van der Waals surface area contributed by atoms with Gasteiger partial charge in [0.2, 0.25) is 5.91 Å². The molecule has 0 atom stereocenters. The highest BCUT2D eigenvalue weighted by Crippen LogP contribution is 2.11. The first kappa shape index (κ1) is 14.9. The summed E-state index contributed by atoms with van der Waals surface area (Å²) in [7, 11) is 0. The zero-order valence-corrected chi connectivity index (χ0v) is 12.1. The number of benzene rings is 1. The minimum absolute atomic E-state index is 0.0570.